The van der Waals surface area contributed by atoms with E-state index in [0.717, 1.165) is 5.19 Å². The molecule has 1 aromatic carbocycles. The largest absolute Gasteiger partial charge is 0.518 e. The second-order valence-corrected chi connectivity index (χ2v) is 4.98. The molecule has 1 rings (SSSR count). The molecule has 0 aliphatic carbocycles. The van der Waals surface area contributed by atoms with Gasteiger partial charge in [-0.05, 0) is 18.7 Å². The molecule has 0 spiro atoms. The quantitative estimate of drug-likeness (QED) is 0.670. The van der Waals surface area contributed by atoms with Crippen LogP contribution in [0.5, 0.6) is 0 Å². The zero-order valence-corrected chi connectivity index (χ0v) is 8.85. The van der Waals surface area contributed by atoms with Gasteiger partial charge in [0.2, 0.25) is 0 Å². The molecule has 0 aliphatic heterocycles. The van der Waals surface area contributed by atoms with Gasteiger partial charge in [-0.25, -0.2) is 0 Å². The standard InChI is InChI=1S/C10H13O2Si/c1-3-10(11)12-13(2)9-7-5-4-6-8-9/h4-8,13H,1,3H2,2H3. The van der Waals surface area contributed by atoms with E-state index in [1.54, 1.807) is 0 Å². The Balaban J connectivity index is 2.59. The van der Waals surface area contributed by atoms with Crippen molar-refractivity contribution in [2.45, 2.75) is 13.0 Å². The van der Waals surface area contributed by atoms with Crippen LogP contribution < -0.4 is 5.19 Å². The second kappa shape index (κ2) is 4.82. The highest BCUT2D eigenvalue weighted by Crippen LogP contribution is 1.93. The smallest absolute Gasteiger partial charge is 0.292 e. The molecule has 13 heavy (non-hydrogen) atoms. The van der Waals surface area contributed by atoms with Crippen LogP contribution in [0.2, 0.25) is 6.55 Å². The normalized spacial score (nSPS) is 12.2. The summed E-state index contributed by atoms with van der Waals surface area (Å²) in [5, 5.41) is 1.14. The maximum absolute atomic E-state index is 10.9. The van der Waals surface area contributed by atoms with Crippen molar-refractivity contribution in [2.24, 2.45) is 0 Å². The minimum atomic E-state index is -1.53. The van der Waals surface area contributed by atoms with Crippen LogP contribution in [0.3, 0.4) is 0 Å². The van der Waals surface area contributed by atoms with Crippen LogP contribution in [-0.4, -0.2) is 15.0 Å². The molecule has 0 heterocycles. The molecule has 0 amide bonds. The molecule has 0 bridgehead atoms. The van der Waals surface area contributed by atoms with Crippen molar-refractivity contribution >= 4 is 20.2 Å². The van der Waals surface area contributed by atoms with Gasteiger partial charge in [-0.15, -0.1) is 0 Å². The van der Waals surface area contributed by atoms with Crippen molar-refractivity contribution in [1.82, 2.24) is 0 Å². The maximum Gasteiger partial charge on any atom is 0.292 e. The lowest BCUT2D eigenvalue weighted by Crippen LogP contribution is -2.32. The van der Waals surface area contributed by atoms with Crippen LogP contribution in [0.25, 0.3) is 0 Å². The van der Waals surface area contributed by atoms with E-state index in [1.807, 2.05) is 36.9 Å². The van der Waals surface area contributed by atoms with Crippen LogP contribution in [-0.2, 0) is 9.22 Å². The van der Waals surface area contributed by atoms with E-state index in [9.17, 15) is 4.79 Å². The van der Waals surface area contributed by atoms with Crippen LogP contribution in [0.15, 0.2) is 30.3 Å². The number of hydrogen-bond acceptors (Lipinski definition) is 2. The van der Waals surface area contributed by atoms with E-state index in [-0.39, 0.29) is 12.4 Å². The van der Waals surface area contributed by atoms with E-state index >= 15 is 0 Å². The third-order valence-corrected chi connectivity index (χ3v) is 3.72. The van der Waals surface area contributed by atoms with Crippen LogP contribution >= 0.6 is 0 Å². The zero-order valence-electron chi connectivity index (χ0n) is 7.69. The summed E-state index contributed by atoms with van der Waals surface area (Å²) in [6.07, 6.45) is 0.212. The molecular formula is C10H13O2Si. The van der Waals surface area contributed by atoms with Crippen molar-refractivity contribution in [3.63, 3.8) is 0 Å². The fourth-order valence-electron chi connectivity index (χ4n) is 1.05. The van der Waals surface area contributed by atoms with E-state index in [4.69, 9.17) is 4.43 Å². The van der Waals surface area contributed by atoms with Crippen LogP contribution in [0.4, 0.5) is 0 Å². The summed E-state index contributed by atoms with van der Waals surface area (Å²) in [7, 11) is -1.53. The Morgan fingerprint density at radius 2 is 2.08 bits per heavy atom. The molecule has 0 saturated carbocycles. The van der Waals surface area contributed by atoms with E-state index < -0.39 is 9.04 Å². The maximum atomic E-state index is 10.9. The minimum Gasteiger partial charge on any atom is -0.518 e. The number of benzene rings is 1. The highest BCUT2D eigenvalue weighted by Gasteiger charge is 2.11. The summed E-state index contributed by atoms with van der Waals surface area (Å²) in [4.78, 5) is 10.9. The van der Waals surface area contributed by atoms with Crippen molar-refractivity contribution in [2.75, 3.05) is 0 Å². The molecule has 0 N–H and O–H groups in total. The van der Waals surface area contributed by atoms with Gasteiger partial charge in [0.25, 0.3) is 15.0 Å². The molecule has 0 aromatic heterocycles. The summed E-state index contributed by atoms with van der Waals surface area (Å²) >= 11 is 0. The molecule has 3 heteroatoms. The number of rotatable bonds is 3. The van der Waals surface area contributed by atoms with Crippen molar-refractivity contribution in [3.05, 3.63) is 37.3 Å². The van der Waals surface area contributed by atoms with Gasteiger partial charge in [0.05, 0.1) is 0 Å². The monoisotopic (exact) mass is 193 g/mol. The summed E-state index contributed by atoms with van der Waals surface area (Å²) < 4.78 is 5.22. The van der Waals surface area contributed by atoms with Crippen molar-refractivity contribution in [1.29, 1.82) is 0 Å². The molecular weight excluding hydrogens is 180 g/mol. The Labute approximate surface area is 80.3 Å². The first-order valence-corrected chi connectivity index (χ1v) is 6.48. The van der Waals surface area contributed by atoms with E-state index in [0.29, 0.717) is 0 Å². The zero-order chi connectivity index (χ0) is 9.68. The average Bonchev–Trinajstić information content (AvgIpc) is 2.19. The number of carbonyl (C=O) groups excluding carboxylic acids is 1. The van der Waals surface area contributed by atoms with E-state index in [1.165, 1.54) is 0 Å². The first-order valence-electron chi connectivity index (χ1n) is 4.27. The van der Waals surface area contributed by atoms with Gasteiger partial charge in [0, 0.05) is 6.42 Å². The van der Waals surface area contributed by atoms with Crippen molar-refractivity contribution < 1.29 is 9.22 Å². The average molecular weight is 193 g/mol. The molecule has 69 valence electrons. The molecule has 2 nitrogen and oxygen atoms in total. The summed E-state index contributed by atoms with van der Waals surface area (Å²) in [6.45, 7) is 5.47. The van der Waals surface area contributed by atoms with Gasteiger partial charge in [-0.2, -0.15) is 0 Å². The van der Waals surface area contributed by atoms with Gasteiger partial charge >= 0.3 is 0 Å². The Hall–Kier alpha value is -1.09. The lowest BCUT2D eigenvalue weighted by atomic mass is 10.4. The van der Waals surface area contributed by atoms with Crippen molar-refractivity contribution in [3.8, 4) is 0 Å². The number of carbonyl (C=O) groups is 1. The van der Waals surface area contributed by atoms with Crippen LogP contribution in [0.1, 0.15) is 6.42 Å². The third-order valence-electron chi connectivity index (χ3n) is 1.78. The third kappa shape index (κ3) is 3.03. The molecule has 1 unspecified atom stereocenters. The first-order chi connectivity index (χ1) is 6.24. The predicted octanol–water partition coefficient (Wildman–Crippen LogP) is 1.01. The van der Waals surface area contributed by atoms with Gasteiger partial charge in [0.1, 0.15) is 0 Å². The fraction of sp³-hybridized carbons (Fsp3) is 0.200. The summed E-state index contributed by atoms with van der Waals surface area (Å²) in [5.74, 6) is -0.206. The minimum absolute atomic E-state index is 0.206. The molecule has 0 aliphatic rings. The Morgan fingerprint density at radius 1 is 1.46 bits per heavy atom. The lowest BCUT2D eigenvalue weighted by Gasteiger charge is -2.10. The Morgan fingerprint density at radius 3 is 2.62 bits per heavy atom. The van der Waals surface area contributed by atoms with E-state index in [2.05, 4.69) is 6.92 Å². The SMILES string of the molecule is [CH2]CC(=O)O[SiH](C)c1ccccc1. The molecule has 1 aromatic rings. The molecule has 0 saturated heterocycles. The number of hydrogen-bond donors (Lipinski definition) is 0. The summed E-state index contributed by atoms with van der Waals surface area (Å²) in [5.41, 5.74) is 0. The molecule has 1 radical (unpaired) electrons. The lowest BCUT2D eigenvalue weighted by molar-refractivity contribution is -0.133. The van der Waals surface area contributed by atoms with Gasteiger partial charge in [-0.3, -0.25) is 4.79 Å². The van der Waals surface area contributed by atoms with Gasteiger partial charge in [-0.1, -0.05) is 30.3 Å². The fourth-order valence-corrected chi connectivity index (χ4v) is 2.46. The molecule has 0 fully saturated rings. The topological polar surface area (TPSA) is 26.3 Å². The molecule has 1 atom stereocenters. The highest BCUT2D eigenvalue weighted by atomic mass is 28.3. The Kier molecular flexibility index (Phi) is 3.70. The summed E-state index contributed by atoms with van der Waals surface area (Å²) in [6, 6.07) is 9.85. The second-order valence-electron chi connectivity index (χ2n) is 2.79. The first kappa shape index (κ1) is 9.99. The van der Waals surface area contributed by atoms with Gasteiger partial charge < -0.3 is 4.43 Å². The van der Waals surface area contributed by atoms with Crippen LogP contribution in [0, 0.1) is 6.92 Å². The Bertz CT molecular complexity index is 272. The van der Waals surface area contributed by atoms with Gasteiger partial charge in [0.15, 0.2) is 0 Å². The predicted molar refractivity (Wildman–Crippen MR) is 55.2 cm³/mol. The highest BCUT2D eigenvalue weighted by molar-refractivity contribution is 6.67.